The predicted octanol–water partition coefficient (Wildman–Crippen LogP) is 5.03. The zero-order chi connectivity index (χ0) is 18.4. The molecule has 0 fully saturated rings. The van der Waals surface area contributed by atoms with Gasteiger partial charge in [-0.05, 0) is 42.0 Å². The summed E-state index contributed by atoms with van der Waals surface area (Å²) in [4.78, 5) is 3.70. The highest BCUT2D eigenvalue weighted by Crippen LogP contribution is 2.32. The molecule has 1 N–H and O–H groups in total. The number of hydrogen-bond donors (Lipinski definition) is 1. The highest BCUT2D eigenvalue weighted by atomic mass is 32.2. The number of H-pyrrole nitrogens is 1. The Bertz CT molecular complexity index is 1370. The monoisotopic (exact) mass is 372 g/mol. The molecule has 5 heteroatoms. The van der Waals surface area contributed by atoms with Gasteiger partial charge >= 0.3 is 0 Å². The SMILES string of the molecule is O=S(=O)(c1ccccc1)n1ccc2c3cc(-c4ccccc4)[nH]c3ccc21. The third kappa shape index (κ3) is 2.47. The average Bonchev–Trinajstić information content (AvgIpc) is 3.33. The van der Waals surface area contributed by atoms with E-state index in [0.29, 0.717) is 5.52 Å². The van der Waals surface area contributed by atoms with Crippen LogP contribution in [-0.4, -0.2) is 17.4 Å². The highest BCUT2D eigenvalue weighted by Gasteiger charge is 2.19. The predicted molar refractivity (Wildman–Crippen MR) is 108 cm³/mol. The largest absolute Gasteiger partial charge is 0.355 e. The van der Waals surface area contributed by atoms with Crippen LogP contribution in [0.3, 0.4) is 0 Å². The number of nitrogens with zero attached hydrogens (tertiary/aromatic N) is 1. The van der Waals surface area contributed by atoms with Crippen LogP contribution in [0.4, 0.5) is 0 Å². The first-order chi connectivity index (χ1) is 13.1. The molecular weight excluding hydrogens is 356 g/mol. The van der Waals surface area contributed by atoms with Gasteiger partial charge in [-0.25, -0.2) is 12.4 Å². The maximum Gasteiger partial charge on any atom is 0.268 e. The normalized spacial score (nSPS) is 12.0. The zero-order valence-electron chi connectivity index (χ0n) is 14.3. The van der Waals surface area contributed by atoms with Gasteiger partial charge in [0.1, 0.15) is 0 Å². The van der Waals surface area contributed by atoms with Crippen LogP contribution in [0.15, 0.2) is 96.0 Å². The highest BCUT2D eigenvalue weighted by molar-refractivity contribution is 7.90. The second-order valence-corrected chi connectivity index (χ2v) is 8.25. The summed E-state index contributed by atoms with van der Waals surface area (Å²) in [5, 5.41) is 1.92. The summed E-state index contributed by atoms with van der Waals surface area (Å²) in [7, 11) is -3.63. The van der Waals surface area contributed by atoms with Gasteiger partial charge < -0.3 is 4.98 Å². The van der Waals surface area contributed by atoms with E-state index in [-0.39, 0.29) is 4.90 Å². The van der Waals surface area contributed by atoms with E-state index in [9.17, 15) is 8.42 Å². The molecule has 0 amide bonds. The van der Waals surface area contributed by atoms with E-state index in [1.165, 1.54) is 3.97 Å². The molecule has 0 aliphatic carbocycles. The molecule has 132 valence electrons. The maximum atomic E-state index is 13.0. The third-order valence-electron chi connectivity index (χ3n) is 4.82. The number of hydrogen-bond acceptors (Lipinski definition) is 2. The Kier molecular flexibility index (Phi) is 3.45. The molecule has 0 radical (unpaired) electrons. The summed E-state index contributed by atoms with van der Waals surface area (Å²) in [5.41, 5.74) is 3.76. The van der Waals surface area contributed by atoms with Crippen LogP contribution in [0.1, 0.15) is 0 Å². The maximum absolute atomic E-state index is 13.0. The number of fused-ring (bicyclic) bond motifs is 3. The van der Waals surface area contributed by atoms with E-state index in [2.05, 4.69) is 11.1 Å². The van der Waals surface area contributed by atoms with Gasteiger partial charge in [-0.15, -0.1) is 0 Å². The second kappa shape index (κ2) is 5.86. The number of aromatic amines is 1. The van der Waals surface area contributed by atoms with Crippen molar-refractivity contribution in [3.05, 3.63) is 91.1 Å². The van der Waals surface area contributed by atoms with Gasteiger partial charge in [0.15, 0.2) is 0 Å². The molecule has 4 nitrogen and oxygen atoms in total. The van der Waals surface area contributed by atoms with Crippen molar-refractivity contribution in [3.63, 3.8) is 0 Å². The molecule has 2 aromatic heterocycles. The zero-order valence-corrected chi connectivity index (χ0v) is 15.1. The van der Waals surface area contributed by atoms with Crippen molar-refractivity contribution >= 4 is 31.8 Å². The van der Waals surface area contributed by atoms with Crippen LogP contribution in [0.25, 0.3) is 33.1 Å². The van der Waals surface area contributed by atoms with Crippen LogP contribution in [0.5, 0.6) is 0 Å². The first-order valence-corrected chi connectivity index (χ1v) is 10.1. The van der Waals surface area contributed by atoms with Crippen molar-refractivity contribution in [2.75, 3.05) is 0 Å². The lowest BCUT2D eigenvalue weighted by Gasteiger charge is -2.07. The van der Waals surface area contributed by atoms with Crippen molar-refractivity contribution in [1.82, 2.24) is 8.96 Å². The molecule has 3 aromatic carbocycles. The van der Waals surface area contributed by atoms with Gasteiger partial charge in [-0.3, -0.25) is 0 Å². The Balaban J connectivity index is 1.72. The quantitative estimate of drug-likeness (QED) is 0.483. The minimum absolute atomic E-state index is 0.279. The molecule has 0 atom stereocenters. The summed E-state index contributed by atoms with van der Waals surface area (Å²) in [6.45, 7) is 0. The Labute approximate surface area is 156 Å². The average molecular weight is 372 g/mol. The minimum atomic E-state index is -3.63. The van der Waals surface area contributed by atoms with E-state index in [1.54, 1.807) is 36.5 Å². The first kappa shape index (κ1) is 15.9. The van der Waals surface area contributed by atoms with Crippen molar-refractivity contribution in [1.29, 1.82) is 0 Å². The molecule has 0 saturated heterocycles. The Hall–Kier alpha value is -3.31. The first-order valence-electron chi connectivity index (χ1n) is 8.63. The summed E-state index contributed by atoms with van der Waals surface area (Å²) in [6, 6.07) is 26.3. The van der Waals surface area contributed by atoms with E-state index in [1.807, 2.05) is 48.5 Å². The Morgan fingerprint density at radius 3 is 2.19 bits per heavy atom. The van der Waals surface area contributed by atoms with Crippen molar-refractivity contribution in [2.24, 2.45) is 0 Å². The summed E-state index contributed by atoms with van der Waals surface area (Å²) in [6.07, 6.45) is 1.63. The lowest BCUT2D eigenvalue weighted by Crippen LogP contribution is -2.11. The van der Waals surface area contributed by atoms with E-state index < -0.39 is 10.0 Å². The van der Waals surface area contributed by atoms with E-state index in [0.717, 1.165) is 27.5 Å². The Morgan fingerprint density at radius 1 is 0.741 bits per heavy atom. The lowest BCUT2D eigenvalue weighted by molar-refractivity contribution is 0.589. The van der Waals surface area contributed by atoms with Gasteiger partial charge in [-0.1, -0.05) is 48.5 Å². The van der Waals surface area contributed by atoms with E-state index >= 15 is 0 Å². The lowest BCUT2D eigenvalue weighted by atomic mass is 10.1. The van der Waals surface area contributed by atoms with Crippen LogP contribution >= 0.6 is 0 Å². The van der Waals surface area contributed by atoms with Crippen LogP contribution < -0.4 is 0 Å². The topological polar surface area (TPSA) is 54.9 Å². The second-order valence-electron chi connectivity index (χ2n) is 6.44. The number of benzene rings is 3. The van der Waals surface area contributed by atoms with Crippen LogP contribution in [0.2, 0.25) is 0 Å². The third-order valence-corrected chi connectivity index (χ3v) is 6.53. The van der Waals surface area contributed by atoms with Gasteiger partial charge in [-0.2, -0.15) is 0 Å². The summed E-state index contributed by atoms with van der Waals surface area (Å²) < 4.78 is 27.4. The fourth-order valence-corrected chi connectivity index (χ4v) is 4.86. The van der Waals surface area contributed by atoms with Gasteiger partial charge in [0.2, 0.25) is 0 Å². The number of rotatable bonds is 3. The molecule has 0 aliphatic rings. The van der Waals surface area contributed by atoms with Gasteiger partial charge in [0.25, 0.3) is 10.0 Å². The standard InChI is InChI=1S/C22H16N2O2S/c25-27(26,17-9-5-2-6-10-17)24-14-13-18-19-15-21(16-7-3-1-4-8-16)23-20(19)11-12-22(18)24/h1-15,23H. The molecule has 2 heterocycles. The molecule has 5 rings (SSSR count). The molecule has 0 bridgehead atoms. The van der Waals surface area contributed by atoms with Gasteiger partial charge in [0, 0.05) is 28.2 Å². The minimum Gasteiger partial charge on any atom is -0.355 e. The van der Waals surface area contributed by atoms with Crippen LogP contribution in [-0.2, 0) is 10.0 Å². The summed E-state index contributed by atoms with van der Waals surface area (Å²) in [5.74, 6) is 0. The van der Waals surface area contributed by atoms with Crippen molar-refractivity contribution < 1.29 is 8.42 Å². The Morgan fingerprint density at radius 2 is 1.44 bits per heavy atom. The smallest absolute Gasteiger partial charge is 0.268 e. The molecule has 0 aliphatic heterocycles. The van der Waals surface area contributed by atoms with Gasteiger partial charge in [0.05, 0.1) is 10.4 Å². The summed E-state index contributed by atoms with van der Waals surface area (Å²) >= 11 is 0. The molecule has 0 unspecified atom stereocenters. The van der Waals surface area contributed by atoms with Crippen molar-refractivity contribution in [2.45, 2.75) is 4.90 Å². The molecule has 0 saturated carbocycles. The fraction of sp³-hybridized carbons (Fsp3) is 0. The molecule has 0 spiro atoms. The van der Waals surface area contributed by atoms with Crippen molar-refractivity contribution in [3.8, 4) is 11.3 Å². The molecular formula is C22H16N2O2S. The molecule has 27 heavy (non-hydrogen) atoms. The fourth-order valence-electron chi connectivity index (χ4n) is 3.49. The number of nitrogens with one attached hydrogen (secondary N) is 1. The number of aromatic nitrogens is 2. The molecule has 5 aromatic rings. The van der Waals surface area contributed by atoms with E-state index in [4.69, 9.17) is 0 Å². The van der Waals surface area contributed by atoms with Crippen LogP contribution in [0, 0.1) is 0 Å².